The van der Waals surface area contributed by atoms with E-state index in [0.29, 0.717) is 25.5 Å². The second kappa shape index (κ2) is 7.09. The zero-order valence-corrected chi connectivity index (χ0v) is 12.0. The highest BCUT2D eigenvalue weighted by molar-refractivity contribution is 5.49. The second-order valence-corrected chi connectivity index (χ2v) is 5.13. The summed E-state index contributed by atoms with van der Waals surface area (Å²) < 4.78 is 43.2. The number of alkyl halides is 3. The van der Waals surface area contributed by atoms with Gasteiger partial charge in [0.1, 0.15) is 12.4 Å². The monoisotopic (exact) mass is 303 g/mol. The van der Waals surface area contributed by atoms with E-state index in [1.54, 1.807) is 19.4 Å². The molecule has 0 aliphatic heterocycles. The van der Waals surface area contributed by atoms with Gasteiger partial charge in [-0.3, -0.25) is 0 Å². The van der Waals surface area contributed by atoms with Crippen molar-refractivity contribution >= 4 is 5.82 Å². The van der Waals surface area contributed by atoms with E-state index in [9.17, 15) is 13.2 Å². The minimum Gasteiger partial charge on any atom is -0.383 e. The molecule has 1 heterocycles. The summed E-state index contributed by atoms with van der Waals surface area (Å²) in [5, 5.41) is 3.15. The molecule has 1 aromatic rings. The molecule has 1 fully saturated rings. The molecule has 0 radical (unpaired) electrons. The average molecular weight is 303 g/mol. The summed E-state index contributed by atoms with van der Waals surface area (Å²) >= 11 is 0. The number of nitrogens with one attached hydrogen (secondary N) is 1. The maximum absolute atomic E-state index is 12.8. The van der Waals surface area contributed by atoms with E-state index in [0.717, 1.165) is 18.4 Å². The highest BCUT2D eigenvalue weighted by atomic mass is 19.4. The van der Waals surface area contributed by atoms with Crippen LogP contribution in [0.3, 0.4) is 0 Å². The Morgan fingerprint density at radius 3 is 2.81 bits per heavy atom. The Labute approximate surface area is 122 Å². The molecular formula is C14H20F3N3O. The molecule has 0 bridgehead atoms. The fraction of sp³-hybridized carbons (Fsp3) is 0.643. The first kappa shape index (κ1) is 16.0. The average Bonchev–Trinajstić information content (AvgIpc) is 3.25. The van der Waals surface area contributed by atoms with Gasteiger partial charge in [-0.15, -0.1) is 0 Å². The standard InChI is InChI=1S/C14H20F3N3O/c1-21-8-7-18-9-11-3-2-6-19-13(11)20(12-4-5-12)10-14(15,16)17/h2-3,6,12,18H,4-5,7-10H2,1H3. The summed E-state index contributed by atoms with van der Waals surface area (Å²) in [6.45, 7) is 0.741. The van der Waals surface area contributed by atoms with E-state index < -0.39 is 12.7 Å². The molecule has 1 aliphatic rings. The minimum absolute atomic E-state index is 0.0424. The van der Waals surface area contributed by atoms with Crippen molar-refractivity contribution in [2.75, 3.05) is 31.7 Å². The predicted molar refractivity (Wildman–Crippen MR) is 74.2 cm³/mol. The number of aromatic nitrogens is 1. The summed E-state index contributed by atoms with van der Waals surface area (Å²) in [6.07, 6.45) is -1.09. The lowest BCUT2D eigenvalue weighted by atomic mass is 10.2. The number of ether oxygens (including phenoxy) is 1. The van der Waals surface area contributed by atoms with Crippen molar-refractivity contribution in [2.45, 2.75) is 31.6 Å². The number of rotatable bonds is 8. The van der Waals surface area contributed by atoms with Crippen LogP contribution in [0, 0.1) is 0 Å². The minimum atomic E-state index is -4.22. The molecule has 0 saturated heterocycles. The van der Waals surface area contributed by atoms with Gasteiger partial charge in [-0.2, -0.15) is 13.2 Å². The lowest BCUT2D eigenvalue weighted by molar-refractivity contribution is -0.120. The molecule has 118 valence electrons. The van der Waals surface area contributed by atoms with Crippen molar-refractivity contribution in [3.05, 3.63) is 23.9 Å². The number of nitrogens with zero attached hydrogens (tertiary/aromatic N) is 2. The maximum Gasteiger partial charge on any atom is 0.405 e. The molecule has 7 heteroatoms. The molecule has 1 N–H and O–H groups in total. The third-order valence-electron chi connectivity index (χ3n) is 3.28. The molecule has 1 saturated carbocycles. The fourth-order valence-corrected chi connectivity index (χ4v) is 2.18. The normalized spacial score (nSPS) is 15.2. The highest BCUT2D eigenvalue weighted by Gasteiger charge is 2.39. The Hall–Kier alpha value is -1.34. The first-order valence-corrected chi connectivity index (χ1v) is 6.98. The van der Waals surface area contributed by atoms with Gasteiger partial charge in [-0.1, -0.05) is 6.07 Å². The zero-order valence-electron chi connectivity index (χ0n) is 12.0. The van der Waals surface area contributed by atoms with Crippen LogP contribution in [0.4, 0.5) is 19.0 Å². The van der Waals surface area contributed by atoms with Crippen LogP contribution in [0.15, 0.2) is 18.3 Å². The van der Waals surface area contributed by atoms with Crippen LogP contribution in [0.5, 0.6) is 0 Å². The first-order valence-electron chi connectivity index (χ1n) is 6.98. The van der Waals surface area contributed by atoms with Crippen LogP contribution in [0.25, 0.3) is 0 Å². The van der Waals surface area contributed by atoms with E-state index in [2.05, 4.69) is 10.3 Å². The summed E-state index contributed by atoms with van der Waals surface area (Å²) in [6, 6.07) is 3.52. The second-order valence-electron chi connectivity index (χ2n) is 5.13. The molecule has 0 spiro atoms. The van der Waals surface area contributed by atoms with Gasteiger partial charge in [0, 0.05) is 38.0 Å². The molecule has 0 amide bonds. The molecule has 2 rings (SSSR count). The highest BCUT2D eigenvalue weighted by Crippen LogP contribution is 2.34. The van der Waals surface area contributed by atoms with E-state index in [1.165, 1.54) is 4.90 Å². The smallest absolute Gasteiger partial charge is 0.383 e. The predicted octanol–water partition coefficient (Wildman–Crippen LogP) is 2.35. The number of halogens is 3. The van der Waals surface area contributed by atoms with E-state index in [-0.39, 0.29) is 6.04 Å². The number of methoxy groups -OCH3 is 1. The van der Waals surface area contributed by atoms with Crippen molar-refractivity contribution in [3.63, 3.8) is 0 Å². The van der Waals surface area contributed by atoms with Crippen molar-refractivity contribution < 1.29 is 17.9 Å². The Morgan fingerprint density at radius 2 is 2.19 bits per heavy atom. The number of hydrogen-bond acceptors (Lipinski definition) is 4. The number of anilines is 1. The van der Waals surface area contributed by atoms with Gasteiger partial charge in [-0.05, 0) is 18.9 Å². The van der Waals surface area contributed by atoms with Gasteiger partial charge in [0.25, 0.3) is 0 Å². The Bertz CT molecular complexity index is 449. The van der Waals surface area contributed by atoms with Crippen LogP contribution in [-0.2, 0) is 11.3 Å². The molecule has 1 aliphatic carbocycles. The fourth-order valence-electron chi connectivity index (χ4n) is 2.18. The topological polar surface area (TPSA) is 37.4 Å². The molecule has 0 atom stereocenters. The van der Waals surface area contributed by atoms with E-state index in [4.69, 9.17) is 4.74 Å². The van der Waals surface area contributed by atoms with Gasteiger partial charge >= 0.3 is 6.18 Å². The third kappa shape index (κ3) is 5.17. The van der Waals surface area contributed by atoms with Crippen molar-refractivity contribution in [2.24, 2.45) is 0 Å². The molecule has 0 unspecified atom stereocenters. The lowest BCUT2D eigenvalue weighted by Crippen LogP contribution is -2.37. The summed E-state index contributed by atoms with van der Waals surface area (Å²) in [4.78, 5) is 5.56. The largest absolute Gasteiger partial charge is 0.405 e. The summed E-state index contributed by atoms with van der Waals surface area (Å²) in [7, 11) is 1.61. The Kier molecular flexibility index (Phi) is 5.41. The van der Waals surface area contributed by atoms with Crippen LogP contribution >= 0.6 is 0 Å². The van der Waals surface area contributed by atoms with Crippen molar-refractivity contribution in [1.82, 2.24) is 10.3 Å². The van der Waals surface area contributed by atoms with E-state index >= 15 is 0 Å². The maximum atomic E-state index is 12.8. The van der Waals surface area contributed by atoms with Crippen LogP contribution in [0.1, 0.15) is 18.4 Å². The first-order chi connectivity index (χ1) is 10.0. The third-order valence-corrected chi connectivity index (χ3v) is 3.28. The van der Waals surface area contributed by atoms with Crippen molar-refractivity contribution in [3.8, 4) is 0 Å². The molecule has 1 aromatic heterocycles. The quantitative estimate of drug-likeness (QED) is 0.748. The van der Waals surface area contributed by atoms with E-state index in [1.807, 2.05) is 6.07 Å². The SMILES string of the molecule is COCCNCc1cccnc1N(CC(F)(F)F)C1CC1. The van der Waals surface area contributed by atoms with Crippen LogP contribution in [-0.4, -0.2) is 44.0 Å². The molecule has 4 nitrogen and oxygen atoms in total. The van der Waals surface area contributed by atoms with Gasteiger partial charge in [0.15, 0.2) is 0 Å². The zero-order chi connectivity index (χ0) is 15.3. The van der Waals surface area contributed by atoms with Gasteiger partial charge in [0.2, 0.25) is 0 Å². The van der Waals surface area contributed by atoms with Crippen LogP contribution in [0.2, 0.25) is 0 Å². The van der Waals surface area contributed by atoms with Crippen molar-refractivity contribution in [1.29, 1.82) is 0 Å². The van der Waals surface area contributed by atoms with Gasteiger partial charge < -0.3 is 15.0 Å². The molecule has 0 aromatic carbocycles. The van der Waals surface area contributed by atoms with Crippen LogP contribution < -0.4 is 10.2 Å². The Balaban J connectivity index is 2.08. The number of pyridine rings is 1. The molecular weight excluding hydrogens is 283 g/mol. The summed E-state index contributed by atoms with van der Waals surface area (Å²) in [5.74, 6) is 0.433. The Morgan fingerprint density at radius 1 is 1.43 bits per heavy atom. The van der Waals surface area contributed by atoms with Gasteiger partial charge in [-0.25, -0.2) is 4.98 Å². The molecule has 21 heavy (non-hydrogen) atoms. The summed E-state index contributed by atoms with van der Waals surface area (Å²) in [5.41, 5.74) is 0.782. The number of hydrogen-bond donors (Lipinski definition) is 1. The van der Waals surface area contributed by atoms with Gasteiger partial charge in [0.05, 0.1) is 6.61 Å². The lowest BCUT2D eigenvalue weighted by Gasteiger charge is -2.26.